The minimum absolute atomic E-state index is 0.00924. The van der Waals surface area contributed by atoms with Gasteiger partial charge in [-0.1, -0.05) is 0 Å². The highest BCUT2D eigenvalue weighted by Gasteiger charge is 2.27. The molecule has 0 atom stereocenters. The fourth-order valence-corrected chi connectivity index (χ4v) is 4.15. The molecule has 4 rings (SSSR count). The predicted octanol–water partition coefficient (Wildman–Crippen LogP) is 2.77. The van der Waals surface area contributed by atoms with Crippen molar-refractivity contribution in [1.29, 1.82) is 0 Å². The Labute approximate surface area is 183 Å². The number of morpholine rings is 1. The number of aromatic nitrogens is 2. The molecule has 1 saturated carbocycles. The summed E-state index contributed by atoms with van der Waals surface area (Å²) >= 11 is 0. The van der Waals surface area contributed by atoms with Crippen LogP contribution in [0.15, 0.2) is 29.4 Å². The number of nitrogens with zero attached hydrogens (tertiary/aromatic N) is 5. The van der Waals surface area contributed by atoms with Crippen LogP contribution in [0.3, 0.4) is 0 Å². The number of hydrogen-bond acceptors (Lipinski definition) is 6. The number of amides is 1. The maximum absolute atomic E-state index is 12.2. The zero-order valence-electron chi connectivity index (χ0n) is 18.4. The molecule has 2 aromatic heterocycles. The lowest BCUT2D eigenvalue weighted by Gasteiger charge is -2.29. The van der Waals surface area contributed by atoms with Gasteiger partial charge >= 0.3 is 0 Å². The van der Waals surface area contributed by atoms with Gasteiger partial charge in [-0.15, -0.1) is 0 Å². The monoisotopic (exact) mass is 425 g/mol. The van der Waals surface area contributed by atoms with Crippen LogP contribution in [-0.4, -0.2) is 74.1 Å². The van der Waals surface area contributed by atoms with Crippen LogP contribution in [0.2, 0.25) is 0 Å². The summed E-state index contributed by atoms with van der Waals surface area (Å²) < 4.78 is 11.7. The number of aliphatic imine (C=N–C) groups is 1. The molecule has 8 heteroatoms. The van der Waals surface area contributed by atoms with Gasteiger partial charge in [-0.2, -0.15) is 4.98 Å². The van der Waals surface area contributed by atoms with E-state index < -0.39 is 0 Å². The lowest BCUT2D eigenvalue weighted by atomic mass is 9.82. The van der Waals surface area contributed by atoms with Gasteiger partial charge in [0.15, 0.2) is 0 Å². The maximum Gasteiger partial charge on any atom is 0.250 e. The van der Waals surface area contributed by atoms with Gasteiger partial charge in [-0.3, -0.25) is 9.78 Å². The second-order valence-corrected chi connectivity index (χ2v) is 8.53. The van der Waals surface area contributed by atoms with Crippen LogP contribution in [0.5, 0.6) is 5.88 Å². The van der Waals surface area contributed by atoms with Gasteiger partial charge in [0.25, 0.3) is 0 Å². The van der Waals surface area contributed by atoms with E-state index in [0.717, 1.165) is 55.5 Å². The minimum atomic E-state index is -0.00924. The molecule has 2 aliphatic rings. The quantitative estimate of drug-likeness (QED) is 0.520. The number of pyridine rings is 2. The van der Waals surface area contributed by atoms with Crippen molar-refractivity contribution in [3.8, 4) is 5.88 Å². The highest BCUT2D eigenvalue weighted by atomic mass is 16.5. The number of carbonyl (C=O) groups is 1. The van der Waals surface area contributed by atoms with Gasteiger partial charge in [-0.25, -0.2) is 4.99 Å². The molecule has 166 valence electrons. The molecule has 8 nitrogen and oxygen atoms in total. The molecule has 0 unspecified atom stereocenters. The highest BCUT2D eigenvalue weighted by Crippen LogP contribution is 2.32. The van der Waals surface area contributed by atoms with Gasteiger partial charge in [0.1, 0.15) is 5.82 Å². The Bertz CT molecular complexity index is 919. The number of anilines is 1. The van der Waals surface area contributed by atoms with Gasteiger partial charge in [0, 0.05) is 45.4 Å². The summed E-state index contributed by atoms with van der Waals surface area (Å²) in [5, 5.41) is 0.932. The number of carbonyl (C=O) groups excluding carboxylic acids is 1. The molecule has 0 bridgehead atoms. The summed E-state index contributed by atoms with van der Waals surface area (Å²) in [7, 11) is 3.73. The first-order valence-electron chi connectivity index (χ1n) is 11.1. The molecule has 1 aliphatic heterocycles. The summed E-state index contributed by atoms with van der Waals surface area (Å²) in [5.41, 5.74) is 0.891. The Morgan fingerprint density at radius 2 is 2.06 bits per heavy atom. The van der Waals surface area contributed by atoms with Crippen molar-refractivity contribution < 1.29 is 14.3 Å². The molecule has 2 aromatic rings. The van der Waals surface area contributed by atoms with E-state index in [1.54, 1.807) is 17.4 Å². The van der Waals surface area contributed by atoms with Crippen LogP contribution in [-0.2, 0) is 9.53 Å². The average molecular weight is 426 g/mol. The maximum atomic E-state index is 12.2. The fraction of sp³-hybridized carbons (Fsp3) is 0.565. The number of fused-ring (bicyclic) bond motifs is 1. The van der Waals surface area contributed by atoms with Crippen molar-refractivity contribution in [2.75, 3.05) is 51.9 Å². The van der Waals surface area contributed by atoms with E-state index in [0.29, 0.717) is 31.6 Å². The zero-order valence-corrected chi connectivity index (χ0v) is 18.4. The second-order valence-electron chi connectivity index (χ2n) is 8.53. The van der Waals surface area contributed by atoms with Gasteiger partial charge in [-0.05, 0) is 43.7 Å². The first kappa shape index (κ1) is 21.5. The normalized spacial score (nSPS) is 22.1. The van der Waals surface area contributed by atoms with Crippen LogP contribution in [0.1, 0.15) is 25.7 Å². The molecule has 0 radical (unpaired) electrons. The van der Waals surface area contributed by atoms with E-state index in [9.17, 15) is 4.79 Å². The van der Waals surface area contributed by atoms with Crippen LogP contribution >= 0.6 is 0 Å². The van der Waals surface area contributed by atoms with Crippen molar-refractivity contribution in [2.24, 2.45) is 16.8 Å². The third-order valence-corrected chi connectivity index (χ3v) is 5.95. The van der Waals surface area contributed by atoms with E-state index in [2.05, 4.69) is 14.9 Å². The van der Waals surface area contributed by atoms with Crippen LogP contribution in [0.4, 0.5) is 5.82 Å². The zero-order chi connectivity index (χ0) is 21.6. The Hall–Kier alpha value is -2.74. The van der Waals surface area contributed by atoms with Crippen molar-refractivity contribution in [2.45, 2.75) is 25.7 Å². The number of hydrogen-bond donors (Lipinski definition) is 0. The Kier molecular flexibility index (Phi) is 6.96. The first-order chi connectivity index (χ1) is 15.1. The van der Waals surface area contributed by atoms with E-state index in [4.69, 9.17) is 14.5 Å². The van der Waals surface area contributed by atoms with Crippen molar-refractivity contribution in [3.63, 3.8) is 0 Å². The van der Waals surface area contributed by atoms with E-state index in [-0.39, 0.29) is 11.8 Å². The number of ether oxygens (including phenoxy) is 2. The Morgan fingerprint density at radius 3 is 2.81 bits per heavy atom. The van der Waals surface area contributed by atoms with E-state index >= 15 is 0 Å². The Balaban J connectivity index is 1.39. The average Bonchev–Trinajstić information content (AvgIpc) is 2.81. The molecular formula is C23H31N5O3. The largest absolute Gasteiger partial charge is 0.477 e. The topological polar surface area (TPSA) is 80.2 Å². The molecule has 31 heavy (non-hydrogen) atoms. The van der Waals surface area contributed by atoms with Crippen LogP contribution < -0.4 is 9.64 Å². The molecule has 2 fully saturated rings. The van der Waals surface area contributed by atoms with Gasteiger partial charge in [0.2, 0.25) is 11.8 Å². The van der Waals surface area contributed by atoms with Gasteiger partial charge < -0.3 is 19.3 Å². The summed E-state index contributed by atoms with van der Waals surface area (Å²) in [4.78, 5) is 29.6. The molecule has 1 aliphatic carbocycles. The summed E-state index contributed by atoms with van der Waals surface area (Å²) in [6.07, 6.45) is 7.04. The highest BCUT2D eigenvalue weighted by molar-refractivity contribution is 5.86. The second kappa shape index (κ2) is 10.0. The molecule has 0 spiro atoms. The van der Waals surface area contributed by atoms with E-state index in [1.165, 1.54) is 0 Å². The molecule has 1 amide bonds. The lowest BCUT2D eigenvalue weighted by Crippen LogP contribution is -2.36. The third kappa shape index (κ3) is 5.50. The number of rotatable bonds is 6. The molecular weight excluding hydrogens is 394 g/mol. The van der Waals surface area contributed by atoms with Crippen molar-refractivity contribution in [3.05, 3.63) is 24.4 Å². The predicted molar refractivity (Wildman–Crippen MR) is 121 cm³/mol. The van der Waals surface area contributed by atoms with Crippen molar-refractivity contribution in [1.82, 2.24) is 14.9 Å². The SMILES string of the molecule is CN(C)/C=N/C(=O)[C@H]1CC[C@@H](COc2nc(N3CCOCC3)cc3ncccc23)CC1. The minimum Gasteiger partial charge on any atom is -0.477 e. The Morgan fingerprint density at radius 1 is 1.29 bits per heavy atom. The molecule has 3 heterocycles. The summed E-state index contributed by atoms with van der Waals surface area (Å²) in [6.45, 7) is 3.65. The molecule has 0 aromatic carbocycles. The smallest absolute Gasteiger partial charge is 0.250 e. The van der Waals surface area contributed by atoms with E-state index in [1.807, 2.05) is 32.3 Å². The van der Waals surface area contributed by atoms with Crippen LogP contribution in [0.25, 0.3) is 10.9 Å². The molecule has 0 N–H and O–H groups in total. The first-order valence-corrected chi connectivity index (χ1v) is 11.1. The standard InChI is InChI=1S/C23H31N5O3/c1-27(2)16-25-22(29)18-7-5-17(6-8-18)15-31-23-19-4-3-9-24-20(19)14-21(26-23)28-10-12-30-13-11-28/h3-4,9,14,16-18H,5-8,10-13,15H2,1-2H3/b25-16+/t17-,18+. The molecule has 1 saturated heterocycles. The summed E-state index contributed by atoms with van der Waals surface area (Å²) in [5.74, 6) is 1.96. The fourth-order valence-electron chi connectivity index (χ4n) is 4.15. The van der Waals surface area contributed by atoms with Crippen molar-refractivity contribution >= 4 is 29.0 Å². The summed E-state index contributed by atoms with van der Waals surface area (Å²) in [6, 6.07) is 5.95. The lowest BCUT2D eigenvalue weighted by molar-refractivity contribution is -0.122. The van der Waals surface area contributed by atoms with Gasteiger partial charge in [0.05, 0.1) is 37.1 Å². The van der Waals surface area contributed by atoms with Crippen LogP contribution in [0, 0.1) is 11.8 Å². The third-order valence-electron chi connectivity index (χ3n) is 5.95.